The molecule has 0 aromatic rings. The van der Waals surface area contributed by atoms with Crippen molar-refractivity contribution in [2.45, 2.75) is 12.5 Å². The molecular formula is C11H14N2O4S. The van der Waals surface area contributed by atoms with Crippen molar-refractivity contribution in [1.29, 1.82) is 0 Å². The zero-order chi connectivity index (χ0) is 13.1. The molecule has 2 aliphatic rings. The number of hydrogen-bond donors (Lipinski definition) is 2. The van der Waals surface area contributed by atoms with Crippen molar-refractivity contribution in [1.82, 2.24) is 10.2 Å². The molecule has 2 unspecified atom stereocenters. The minimum atomic E-state index is -0.880. The van der Waals surface area contributed by atoms with E-state index in [9.17, 15) is 14.4 Å². The van der Waals surface area contributed by atoms with E-state index in [1.165, 1.54) is 16.7 Å². The van der Waals surface area contributed by atoms with Gasteiger partial charge in [-0.2, -0.15) is 0 Å². The van der Waals surface area contributed by atoms with E-state index in [4.69, 9.17) is 5.11 Å². The minimum absolute atomic E-state index is 0.0273. The summed E-state index contributed by atoms with van der Waals surface area (Å²) in [6.45, 7) is 0.0495. The summed E-state index contributed by atoms with van der Waals surface area (Å²) in [4.78, 5) is 35.2. The fourth-order valence-corrected chi connectivity index (χ4v) is 2.86. The largest absolute Gasteiger partial charge is 0.481 e. The van der Waals surface area contributed by atoms with E-state index in [-0.39, 0.29) is 24.4 Å². The van der Waals surface area contributed by atoms with Crippen LogP contribution in [0.3, 0.4) is 0 Å². The van der Waals surface area contributed by atoms with Gasteiger partial charge < -0.3 is 15.3 Å². The first kappa shape index (κ1) is 12.9. The van der Waals surface area contributed by atoms with E-state index in [0.29, 0.717) is 18.1 Å². The number of thioether (sulfide) groups is 1. The van der Waals surface area contributed by atoms with Crippen LogP contribution in [0.2, 0.25) is 0 Å². The lowest BCUT2D eigenvalue weighted by atomic mass is 10.1. The quantitative estimate of drug-likeness (QED) is 0.683. The molecule has 7 heteroatoms. The van der Waals surface area contributed by atoms with Crippen molar-refractivity contribution in [3.8, 4) is 0 Å². The Kier molecular flexibility index (Phi) is 3.90. The molecule has 18 heavy (non-hydrogen) atoms. The summed E-state index contributed by atoms with van der Waals surface area (Å²) >= 11 is 1.48. The number of nitrogens with zero attached hydrogens (tertiary/aromatic N) is 1. The van der Waals surface area contributed by atoms with Crippen LogP contribution in [0.5, 0.6) is 0 Å². The summed E-state index contributed by atoms with van der Waals surface area (Å²) in [6.07, 6.45) is 3.66. The van der Waals surface area contributed by atoms with Crippen LogP contribution >= 0.6 is 11.8 Å². The van der Waals surface area contributed by atoms with Crippen LogP contribution in [-0.2, 0) is 14.4 Å². The molecule has 1 fully saturated rings. The Hall–Kier alpha value is -1.50. The Morgan fingerprint density at radius 2 is 2.28 bits per heavy atom. The van der Waals surface area contributed by atoms with Gasteiger partial charge in [0.05, 0.1) is 17.5 Å². The van der Waals surface area contributed by atoms with Crippen LogP contribution in [0.4, 0.5) is 0 Å². The molecular weight excluding hydrogens is 256 g/mol. The summed E-state index contributed by atoms with van der Waals surface area (Å²) in [7, 11) is 0. The first-order chi connectivity index (χ1) is 8.56. The lowest BCUT2D eigenvalue weighted by molar-refractivity contribution is -0.140. The van der Waals surface area contributed by atoms with Gasteiger partial charge in [-0.15, -0.1) is 11.8 Å². The van der Waals surface area contributed by atoms with Crippen molar-refractivity contribution in [3.05, 3.63) is 12.2 Å². The molecule has 6 nitrogen and oxygen atoms in total. The Bertz CT molecular complexity index is 410. The number of carbonyl (C=O) groups is 3. The number of rotatable bonds is 4. The number of nitrogens with one attached hydrogen (secondary N) is 1. The summed E-state index contributed by atoms with van der Waals surface area (Å²) in [5.74, 6) is -0.706. The second kappa shape index (κ2) is 5.43. The van der Waals surface area contributed by atoms with E-state index in [1.54, 1.807) is 12.2 Å². The van der Waals surface area contributed by atoms with Crippen LogP contribution in [0.15, 0.2) is 12.2 Å². The Labute approximate surface area is 108 Å². The van der Waals surface area contributed by atoms with Gasteiger partial charge in [0.1, 0.15) is 6.54 Å². The van der Waals surface area contributed by atoms with Gasteiger partial charge in [-0.25, -0.2) is 0 Å². The predicted octanol–water partition coefficient (Wildman–Crippen LogP) is -0.335. The Balaban J connectivity index is 1.77. The summed E-state index contributed by atoms with van der Waals surface area (Å²) in [5.41, 5.74) is 0. The van der Waals surface area contributed by atoms with Crippen molar-refractivity contribution >= 4 is 29.5 Å². The molecule has 0 bridgehead atoms. The van der Waals surface area contributed by atoms with Crippen LogP contribution < -0.4 is 5.32 Å². The number of amides is 2. The monoisotopic (exact) mass is 270 g/mol. The van der Waals surface area contributed by atoms with Crippen LogP contribution in [0, 0.1) is 5.92 Å². The highest BCUT2D eigenvalue weighted by atomic mass is 32.2. The fraction of sp³-hybridized carbons (Fsp3) is 0.545. The molecule has 98 valence electrons. The fourth-order valence-electron chi connectivity index (χ4n) is 1.96. The number of aliphatic carboxylic acids is 1. The highest BCUT2D eigenvalue weighted by molar-refractivity contribution is 8.00. The van der Waals surface area contributed by atoms with Crippen LogP contribution in [0.1, 0.15) is 6.42 Å². The average molecular weight is 270 g/mol. The minimum Gasteiger partial charge on any atom is -0.481 e. The smallest absolute Gasteiger partial charge is 0.310 e. The average Bonchev–Trinajstić information content (AvgIpc) is 2.89. The molecule has 2 atom stereocenters. The Morgan fingerprint density at radius 3 is 2.83 bits per heavy atom. The molecule has 2 amide bonds. The SMILES string of the molecule is O=C(CN1CSCC1=O)NC1C=CC(C(=O)O)C1. The van der Waals surface area contributed by atoms with Crippen molar-refractivity contribution in [2.24, 2.45) is 5.92 Å². The summed E-state index contributed by atoms with van der Waals surface area (Å²) < 4.78 is 0. The third-order valence-corrected chi connectivity index (χ3v) is 3.85. The third kappa shape index (κ3) is 3.04. The third-order valence-electron chi connectivity index (χ3n) is 2.91. The van der Waals surface area contributed by atoms with Crippen molar-refractivity contribution in [2.75, 3.05) is 18.2 Å². The Morgan fingerprint density at radius 1 is 1.50 bits per heavy atom. The molecule has 1 heterocycles. The van der Waals surface area contributed by atoms with Crippen molar-refractivity contribution in [3.63, 3.8) is 0 Å². The molecule has 0 aromatic heterocycles. The van der Waals surface area contributed by atoms with E-state index >= 15 is 0 Å². The van der Waals surface area contributed by atoms with Gasteiger partial charge in [0.15, 0.2) is 0 Å². The lowest BCUT2D eigenvalue weighted by Gasteiger charge is -2.17. The van der Waals surface area contributed by atoms with E-state index in [0.717, 1.165) is 0 Å². The first-order valence-corrected chi connectivity index (χ1v) is 6.78. The molecule has 1 aliphatic heterocycles. The second-order valence-corrected chi connectivity index (χ2v) is 5.26. The van der Waals surface area contributed by atoms with Gasteiger partial charge in [0, 0.05) is 6.04 Å². The lowest BCUT2D eigenvalue weighted by Crippen LogP contribution is -2.41. The normalized spacial score (nSPS) is 26.7. The number of hydrogen-bond acceptors (Lipinski definition) is 4. The second-order valence-electron chi connectivity index (χ2n) is 4.31. The maximum Gasteiger partial charge on any atom is 0.310 e. The zero-order valence-electron chi connectivity index (χ0n) is 9.67. The predicted molar refractivity (Wildman–Crippen MR) is 65.9 cm³/mol. The first-order valence-electron chi connectivity index (χ1n) is 5.62. The molecule has 0 saturated carbocycles. The van der Waals surface area contributed by atoms with Gasteiger partial charge in [-0.05, 0) is 6.42 Å². The highest BCUT2D eigenvalue weighted by Gasteiger charge is 2.27. The molecule has 0 radical (unpaired) electrons. The molecule has 1 saturated heterocycles. The van der Waals surface area contributed by atoms with Gasteiger partial charge in [-0.3, -0.25) is 14.4 Å². The van der Waals surface area contributed by atoms with Crippen LogP contribution in [0.25, 0.3) is 0 Å². The van der Waals surface area contributed by atoms with Crippen LogP contribution in [-0.4, -0.2) is 52.0 Å². The number of carboxylic acids is 1. The van der Waals surface area contributed by atoms with E-state index < -0.39 is 11.9 Å². The number of carboxylic acid groups (broad SMARTS) is 1. The maximum atomic E-state index is 11.7. The van der Waals surface area contributed by atoms with Gasteiger partial charge in [0.25, 0.3) is 0 Å². The van der Waals surface area contributed by atoms with Gasteiger partial charge in [-0.1, -0.05) is 12.2 Å². The molecule has 2 rings (SSSR count). The molecule has 2 N–H and O–H groups in total. The van der Waals surface area contributed by atoms with Crippen molar-refractivity contribution < 1.29 is 19.5 Å². The topological polar surface area (TPSA) is 86.7 Å². The number of carbonyl (C=O) groups excluding carboxylic acids is 2. The molecule has 1 aliphatic carbocycles. The highest BCUT2D eigenvalue weighted by Crippen LogP contribution is 2.18. The molecule has 0 spiro atoms. The maximum absolute atomic E-state index is 11.7. The summed E-state index contributed by atoms with van der Waals surface area (Å²) in [5, 5.41) is 11.5. The summed E-state index contributed by atoms with van der Waals surface area (Å²) in [6, 6.07) is -0.246. The van der Waals surface area contributed by atoms with E-state index in [2.05, 4.69) is 5.32 Å². The standard InChI is InChI=1S/C11H14N2O4S/c14-9(4-13-6-18-5-10(13)15)12-8-2-1-7(3-8)11(16)17/h1-2,7-8H,3-6H2,(H,12,14)(H,16,17). The van der Waals surface area contributed by atoms with Gasteiger partial charge >= 0.3 is 5.97 Å². The molecule has 0 aromatic carbocycles. The van der Waals surface area contributed by atoms with E-state index in [1.807, 2.05) is 0 Å². The zero-order valence-corrected chi connectivity index (χ0v) is 10.5. The van der Waals surface area contributed by atoms with Gasteiger partial charge in [0.2, 0.25) is 11.8 Å².